The maximum absolute atomic E-state index is 5.58. The second-order valence-electron chi connectivity index (χ2n) is 6.43. The first-order valence-electron chi connectivity index (χ1n) is 8.76. The zero-order valence-electron chi connectivity index (χ0n) is 15.3. The topological polar surface area (TPSA) is 12.5 Å². The van der Waals surface area contributed by atoms with E-state index in [0.717, 1.165) is 18.4 Å². The van der Waals surface area contributed by atoms with Crippen molar-refractivity contribution >= 4 is 0 Å². The Kier molecular flexibility index (Phi) is 9.74. The zero-order valence-corrected chi connectivity index (χ0v) is 15.3. The van der Waals surface area contributed by atoms with Crippen molar-refractivity contribution in [1.29, 1.82) is 0 Å². The van der Waals surface area contributed by atoms with Crippen LogP contribution in [0.2, 0.25) is 0 Å². The minimum atomic E-state index is 0.218. The van der Waals surface area contributed by atoms with Crippen LogP contribution >= 0.6 is 0 Å². The van der Waals surface area contributed by atoms with Gasteiger partial charge in [0.05, 0.1) is 6.61 Å². The van der Waals surface area contributed by atoms with Crippen LogP contribution in [0.1, 0.15) is 74.1 Å². The van der Waals surface area contributed by atoms with Crippen LogP contribution in [0.25, 0.3) is 0 Å². The van der Waals surface area contributed by atoms with Crippen LogP contribution in [0, 0.1) is 11.8 Å². The molecular formula is C18H39NO. The summed E-state index contributed by atoms with van der Waals surface area (Å²) in [6, 6.07) is 0.613. The monoisotopic (exact) mass is 285 g/mol. The maximum atomic E-state index is 5.58. The minimum Gasteiger partial charge on any atom is -0.383 e. The summed E-state index contributed by atoms with van der Waals surface area (Å²) in [7, 11) is 1.85. The van der Waals surface area contributed by atoms with Crippen molar-refractivity contribution in [3.05, 3.63) is 0 Å². The van der Waals surface area contributed by atoms with Crippen molar-refractivity contribution in [2.45, 2.75) is 85.7 Å². The van der Waals surface area contributed by atoms with E-state index in [2.05, 4.69) is 39.5 Å². The van der Waals surface area contributed by atoms with E-state index in [-0.39, 0.29) is 5.54 Å². The minimum absolute atomic E-state index is 0.218. The lowest BCUT2D eigenvalue weighted by Gasteiger charge is -2.55. The van der Waals surface area contributed by atoms with Gasteiger partial charge in [-0.25, -0.2) is 0 Å². The average Bonchev–Trinajstić information content (AvgIpc) is 2.41. The summed E-state index contributed by atoms with van der Waals surface area (Å²) in [5.41, 5.74) is 0.218. The Bertz CT molecular complexity index is 242. The van der Waals surface area contributed by atoms with E-state index in [1.165, 1.54) is 32.2 Å². The Labute approximate surface area is 128 Å². The lowest BCUT2D eigenvalue weighted by Crippen LogP contribution is -2.62. The van der Waals surface area contributed by atoms with Crippen LogP contribution in [-0.4, -0.2) is 36.7 Å². The van der Waals surface area contributed by atoms with Crippen LogP contribution in [0.15, 0.2) is 0 Å². The fourth-order valence-electron chi connectivity index (χ4n) is 4.30. The molecule has 2 heteroatoms. The third-order valence-electron chi connectivity index (χ3n) is 4.92. The molecule has 1 fully saturated rings. The van der Waals surface area contributed by atoms with Crippen molar-refractivity contribution in [1.82, 2.24) is 4.90 Å². The molecule has 0 aromatic rings. The van der Waals surface area contributed by atoms with E-state index >= 15 is 0 Å². The van der Waals surface area contributed by atoms with Gasteiger partial charge in [-0.2, -0.15) is 0 Å². The van der Waals surface area contributed by atoms with E-state index in [1.807, 2.05) is 21.0 Å². The number of rotatable bonds is 6. The second-order valence-corrected chi connectivity index (χ2v) is 6.43. The van der Waals surface area contributed by atoms with Gasteiger partial charge in [0.2, 0.25) is 0 Å². The average molecular weight is 286 g/mol. The molecule has 0 spiro atoms. The SMILES string of the molecule is CC.CCCC1CCN(C(C)C)C(C)(COC)C1CC. The van der Waals surface area contributed by atoms with Gasteiger partial charge in [-0.1, -0.05) is 47.0 Å². The van der Waals surface area contributed by atoms with Crippen molar-refractivity contribution in [3.63, 3.8) is 0 Å². The van der Waals surface area contributed by atoms with Crippen LogP contribution in [-0.2, 0) is 4.74 Å². The highest BCUT2D eigenvalue weighted by atomic mass is 16.5. The summed E-state index contributed by atoms with van der Waals surface area (Å²) in [4.78, 5) is 2.68. The molecule has 122 valence electrons. The maximum Gasteiger partial charge on any atom is 0.0646 e. The van der Waals surface area contributed by atoms with E-state index in [0.29, 0.717) is 6.04 Å². The smallest absolute Gasteiger partial charge is 0.0646 e. The van der Waals surface area contributed by atoms with E-state index < -0.39 is 0 Å². The van der Waals surface area contributed by atoms with E-state index in [9.17, 15) is 0 Å². The Morgan fingerprint density at radius 2 is 1.85 bits per heavy atom. The third-order valence-corrected chi connectivity index (χ3v) is 4.92. The molecular weight excluding hydrogens is 246 g/mol. The van der Waals surface area contributed by atoms with Gasteiger partial charge in [-0.3, -0.25) is 4.90 Å². The molecule has 1 rings (SSSR count). The number of hydrogen-bond acceptors (Lipinski definition) is 2. The molecule has 0 aromatic carbocycles. The summed E-state index contributed by atoms with van der Waals surface area (Å²) in [6.45, 7) is 17.8. The predicted octanol–water partition coefficient (Wildman–Crippen LogP) is 4.97. The van der Waals surface area contributed by atoms with E-state index in [1.54, 1.807) is 0 Å². The molecule has 2 nitrogen and oxygen atoms in total. The molecule has 1 aliphatic heterocycles. The van der Waals surface area contributed by atoms with E-state index in [4.69, 9.17) is 4.74 Å². The van der Waals surface area contributed by atoms with Crippen LogP contribution in [0.4, 0.5) is 0 Å². The van der Waals surface area contributed by atoms with Crippen molar-refractivity contribution in [3.8, 4) is 0 Å². The molecule has 0 bridgehead atoms. The lowest BCUT2D eigenvalue weighted by molar-refractivity contribution is -0.0875. The van der Waals surface area contributed by atoms with Gasteiger partial charge in [-0.15, -0.1) is 0 Å². The summed E-state index contributed by atoms with van der Waals surface area (Å²) >= 11 is 0. The summed E-state index contributed by atoms with van der Waals surface area (Å²) in [5, 5.41) is 0. The lowest BCUT2D eigenvalue weighted by atomic mass is 9.68. The Morgan fingerprint density at radius 3 is 2.25 bits per heavy atom. The second kappa shape index (κ2) is 9.78. The number of methoxy groups -OCH3 is 1. The van der Waals surface area contributed by atoms with Gasteiger partial charge in [0.15, 0.2) is 0 Å². The normalized spacial score (nSPS) is 31.1. The standard InChI is InChI=1S/C16H33NO.C2H6/c1-7-9-14-10-11-17(13(3)4)16(5,12-18-6)15(14)8-2;1-2/h13-15H,7-12H2,1-6H3;1-2H3. The Balaban J connectivity index is 0.00000172. The van der Waals surface area contributed by atoms with Gasteiger partial charge in [0.25, 0.3) is 0 Å². The predicted molar refractivity (Wildman–Crippen MR) is 90.3 cm³/mol. The molecule has 0 N–H and O–H groups in total. The Morgan fingerprint density at radius 1 is 1.25 bits per heavy atom. The van der Waals surface area contributed by atoms with Crippen LogP contribution < -0.4 is 0 Å². The Hall–Kier alpha value is -0.0800. The highest BCUT2D eigenvalue weighted by Crippen LogP contribution is 2.42. The fourth-order valence-corrected chi connectivity index (χ4v) is 4.30. The molecule has 20 heavy (non-hydrogen) atoms. The molecule has 3 atom stereocenters. The largest absolute Gasteiger partial charge is 0.383 e. The summed E-state index contributed by atoms with van der Waals surface area (Å²) in [5.74, 6) is 1.66. The highest BCUT2D eigenvalue weighted by Gasteiger charge is 2.46. The van der Waals surface area contributed by atoms with Crippen molar-refractivity contribution in [2.24, 2.45) is 11.8 Å². The molecule has 3 unspecified atom stereocenters. The number of piperidine rings is 1. The van der Waals surface area contributed by atoms with Gasteiger partial charge in [-0.05, 0) is 45.6 Å². The molecule has 0 saturated carbocycles. The van der Waals surface area contributed by atoms with Gasteiger partial charge >= 0.3 is 0 Å². The quantitative estimate of drug-likeness (QED) is 0.683. The zero-order chi connectivity index (χ0) is 15.8. The summed E-state index contributed by atoms with van der Waals surface area (Å²) in [6.07, 6.45) is 5.33. The number of nitrogens with zero attached hydrogens (tertiary/aromatic N) is 1. The van der Waals surface area contributed by atoms with Gasteiger partial charge in [0, 0.05) is 18.7 Å². The number of hydrogen-bond donors (Lipinski definition) is 0. The first-order chi connectivity index (χ1) is 9.51. The molecule has 1 saturated heterocycles. The third kappa shape index (κ3) is 4.46. The number of likely N-dealkylation sites (tertiary alicyclic amines) is 1. The summed E-state index contributed by atoms with van der Waals surface area (Å²) < 4.78 is 5.58. The van der Waals surface area contributed by atoms with Crippen LogP contribution in [0.3, 0.4) is 0 Å². The highest BCUT2D eigenvalue weighted by molar-refractivity contribution is 5.00. The molecule has 1 aliphatic rings. The van der Waals surface area contributed by atoms with Crippen molar-refractivity contribution in [2.75, 3.05) is 20.3 Å². The molecule has 0 aliphatic carbocycles. The van der Waals surface area contributed by atoms with Crippen LogP contribution in [0.5, 0.6) is 0 Å². The molecule has 0 amide bonds. The van der Waals surface area contributed by atoms with Gasteiger partial charge in [0.1, 0.15) is 0 Å². The fraction of sp³-hybridized carbons (Fsp3) is 1.00. The van der Waals surface area contributed by atoms with Gasteiger partial charge < -0.3 is 4.74 Å². The molecule has 0 radical (unpaired) electrons. The molecule has 0 aromatic heterocycles. The first-order valence-corrected chi connectivity index (χ1v) is 8.76. The van der Waals surface area contributed by atoms with Crippen molar-refractivity contribution < 1.29 is 4.74 Å². The number of ether oxygens (including phenoxy) is 1. The first kappa shape index (κ1) is 19.9. The molecule has 1 heterocycles.